The van der Waals surface area contributed by atoms with Crippen LogP contribution in [0.25, 0.3) is 0 Å². The second-order valence-electron chi connectivity index (χ2n) is 5.11. The van der Waals surface area contributed by atoms with Gasteiger partial charge < -0.3 is 14.2 Å². The Balaban J connectivity index is 2.12. The van der Waals surface area contributed by atoms with Crippen LogP contribution in [0, 0.1) is 0 Å². The molecular weight excluding hydrogens is 346 g/mol. The zero-order valence-electron chi connectivity index (χ0n) is 14.5. The number of hydrazone groups is 1. The van der Waals surface area contributed by atoms with E-state index < -0.39 is 12.5 Å². The maximum atomic E-state index is 12.3. The van der Waals surface area contributed by atoms with E-state index in [1.54, 1.807) is 31.2 Å². The molecule has 0 fully saturated rings. The van der Waals surface area contributed by atoms with Gasteiger partial charge in [-0.25, -0.2) is 5.43 Å². The molecule has 0 aliphatic carbocycles. The van der Waals surface area contributed by atoms with Gasteiger partial charge in [0.25, 0.3) is 5.91 Å². The van der Waals surface area contributed by atoms with Gasteiger partial charge in [-0.05, 0) is 37.3 Å². The van der Waals surface area contributed by atoms with Crippen LogP contribution in [0.3, 0.4) is 0 Å². The van der Waals surface area contributed by atoms with Gasteiger partial charge >= 0.3 is 6.61 Å². The molecule has 2 aromatic rings. The number of methoxy groups -OCH3 is 2. The summed E-state index contributed by atoms with van der Waals surface area (Å²) in [6.45, 7) is -1.27. The highest BCUT2D eigenvalue weighted by molar-refractivity contribution is 6.01. The number of amides is 1. The molecule has 0 bridgehead atoms. The van der Waals surface area contributed by atoms with Gasteiger partial charge in [-0.2, -0.15) is 13.9 Å². The first kappa shape index (κ1) is 19.2. The van der Waals surface area contributed by atoms with Crippen molar-refractivity contribution in [3.8, 4) is 17.2 Å². The molecule has 6 nitrogen and oxygen atoms in total. The summed E-state index contributed by atoms with van der Waals surface area (Å²) in [5.41, 5.74) is 3.70. The summed E-state index contributed by atoms with van der Waals surface area (Å²) in [7, 11) is 2.97. The Hall–Kier alpha value is -3.16. The molecule has 26 heavy (non-hydrogen) atoms. The van der Waals surface area contributed by atoms with Crippen LogP contribution in [-0.2, 0) is 0 Å². The second-order valence-corrected chi connectivity index (χ2v) is 5.11. The van der Waals surface area contributed by atoms with E-state index in [1.165, 1.54) is 32.4 Å². The van der Waals surface area contributed by atoms with Crippen LogP contribution < -0.4 is 19.6 Å². The fourth-order valence-electron chi connectivity index (χ4n) is 2.14. The minimum Gasteiger partial charge on any atom is -0.493 e. The maximum absolute atomic E-state index is 12.3. The topological polar surface area (TPSA) is 69.2 Å². The van der Waals surface area contributed by atoms with Crippen molar-refractivity contribution in [3.05, 3.63) is 53.6 Å². The number of ether oxygens (including phenoxy) is 3. The fourth-order valence-corrected chi connectivity index (χ4v) is 2.14. The average molecular weight is 364 g/mol. The van der Waals surface area contributed by atoms with Crippen LogP contribution in [0.2, 0.25) is 0 Å². The van der Waals surface area contributed by atoms with Crippen LogP contribution in [0.15, 0.2) is 47.6 Å². The number of carbonyl (C=O) groups excluding carboxylic acids is 1. The van der Waals surface area contributed by atoms with Crippen molar-refractivity contribution in [3.63, 3.8) is 0 Å². The first-order chi connectivity index (χ1) is 12.4. The number of carbonyl (C=O) groups is 1. The van der Waals surface area contributed by atoms with Gasteiger partial charge in [0, 0.05) is 11.1 Å². The highest BCUT2D eigenvalue weighted by Crippen LogP contribution is 2.27. The van der Waals surface area contributed by atoms with Crippen molar-refractivity contribution in [1.29, 1.82) is 0 Å². The summed E-state index contributed by atoms with van der Waals surface area (Å²) in [6, 6.07) is 10.7. The molecule has 0 saturated heterocycles. The lowest BCUT2D eigenvalue weighted by Gasteiger charge is -2.09. The molecule has 0 unspecified atom stereocenters. The van der Waals surface area contributed by atoms with E-state index in [9.17, 15) is 13.6 Å². The molecular formula is C18H18F2N2O4. The number of benzene rings is 2. The lowest BCUT2D eigenvalue weighted by Crippen LogP contribution is -2.19. The van der Waals surface area contributed by atoms with Gasteiger partial charge in [-0.15, -0.1) is 0 Å². The lowest BCUT2D eigenvalue weighted by molar-refractivity contribution is -0.0498. The number of hydrogen-bond acceptors (Lipinski definition) is 5. The van der Waals surface area contributed by atoms with Crippen LogP contribution in [-0.4, -0.2) is 32.4 Å². The summed E-state index contributed by atoms with van der Waals surface area (Å²) < 4.78 is 39.2. The van der Waals surface area contributed by atoms with E-state index in [0.29, 0.717) is 28.3 Å². The van der Waals surface area contributed by atoms with Gasteiger partial charge in [0.05, 0.1) is 19.9 Å². The summed E-state index contributed by atoms with van der Waals surface area (Å²) in [5, 5.41) is 3.99. The highest BCUT2D eigenvalue weighted by atomic mass is 19.3. The van der Waals surface area contributed by atoms with Crippen LogP contribution in [0.4, 0.5) is 8.78 Å². The Labute approximate surface area is 149 Å². The monoisotopic (exact) mass is 364 g/mol. The standard InChI is InChI=1S/C18H18F2N2O4/c1-11(12-5-4-6-14(9-12)26-18(19)20)21-22-17(23)13-7-8-15(24-2)16(10-13)25-3/h4-10,18H,1-3H3,(H,22,23)/b21-11-. The Morgan fingerprint density at radius 1 is 1.04 bits per heavy atom. The van der Waals surface area contributed by atoms with Gasteiger partial charge in [0.15, 0.2) is 11.5 Å². The minimum atomic E-state index is -2.91. The van der Waals surface area contributed by atoms with Crippen molar-refractivity contribution in [2.75, 3.05) is 14.2 Å². The Kier molecular flexibility index (Phi) is 6.48. The van der Waals surface area contributed by atoms with E-state index in [0.717, 1.165) is 0 Å². The molecule has 0 heterocycles. The Morgan fingerprint density at radius 3 is 2.42 bits per heavy atom. The number of hydrogen-bond donors (Lipinski definition) is 1. The minimum absolute atomic E-state index is 0.0123. The molecule has 0 aliphatic rings. The zero-order chi connectivity index (χ0) is 19.1. The van der Waals surface area contributed by atoms with Crippen LogP contribution in [0.1, 0.15) is 22.8 Å². The summed E-state index contributed by atoms with van der Waals surface area (Å²) in [6.07, 6.45) is 0. The molecule has 0 spiro atoms. The Bertz CT molecular complexity index is 810. The average Bonchev–Trinajstić information content (AvgIpc) is 2.64. The highest BCUT2D eigenvalue weighted by Gasteiger charge is 2.11. The van der Waals surface area contributed by atoms with E-state index >= 15 is 0 Å². The van der Waals surface area contributed by atoms with E-state index in [1.807, 2.05) is 0 Å². The van der Waals surface area contributed by atoms with Gasteiger partial charge in [0.2, 0.25) is 0 Å². The molecule has 8 heteroatoms. The first-order valence-electron chi connectivity index (χ1n) is 7.56. The molecule has 2 rings (SSSR count). The quantitative estimate of drug-likeness (QED) is 0.603. The molecule has 0 radical (unpaired) electrons. The summed E-state index contributed by atoms with van der Waals surface area (Å²) in [4.78, 5) is 12.2. The summed E-state index contributed by atoms with van der Waals surface area (Å²) in [5.74, 6) is 0.473. The SMILES string of the molecule is COc1ccc(C(=O)N/N=C(/C)c2cccc(OC(F)F)c2)cc1OC. The van der Waals surface area contributed by atoms with E-state index in [2.05, 4.69) is 15.3 Å². The molecule has 0 aliphatic heterocycles. The van der Waals surface area contributed by atoms with Crippen molar-refractivity contribution in [2.24, 2.45) is 5.10 Å². The number of alkyl halides is 2. The van der Waals surface area contributed by atoms with Crippen molar-refractivity contribution < 1.29 is 27.8 Å². The van der Waals surface area contributed by atoms with Crippen molar-refractivity contribution >= 4 is 11.6 Å². The molecule has 0 saturated carbocycles. The molecule has 138 valence electrons. The predicted molar refractivity (Wildman–Crippen MR) is 92.3 cm³/mol. The van der Waals surface area contributed by atoms with E-state index in [4.69, 9.17) is 9.47 Å². The summed E-state index contributed by atoms with van der Waals surface area (Å²) >= 11 is 0. The zero-order valence-corrected chi connectivity index (χ0v) is 14.5. The smallest absolute Gasteiger partial charge is 0.387 e. The molecule has 1 N–H and O–H groups in total. The Morgan fingerprint density at radius 2 is 1.77 bits per heavy atom. The second kappa shape index (κ2) is 8.80. The first-order valence-corrected chi connectivity index (χ1v) is 7.56. The number of rotatable bonds is 7. The lowest BCUT2D eigenvalue weighted by atomic mass is 10.1. The number of halogens is 2. The van der Waals surface area contributed by atoms with Gasteiger partial charge in [0.1, 0.15) is 5.75 Å². The number of nitrogens with one attached hydrogen (secondary N) is 1. The maximum Gasteiger partial charge on any atom is 0.387 e. The molecule has 0 aromatic heterocycles. The predicted octanol–water partition coefficient (Wildman–Crippen LogP) is 3.46. The normalized spacial score (nSPS) is 11.2. The third-order valence-electron chi connectivity index (χ3n) is 3.45. The van der Waals surface area contributed by atoms with Gasteiger partial charge in [-0.3, -0.25) is 4.79 Å². The van der Waals surface area contributed by atoms with Crippen molar-refractivity contribution in [1.82, 2.24) is 5.43 Å². The number of nitrogens with zero attached hydrogens (tertiary/aromatic N) is 1. The van der Waals surface area contributed by atoms with Crippen LogP contribution in [0.5, 0.6) is 17.2 Å². The molecule has 1 amide bonds. The molecule has 0 atom stereocenters. The third kappa shape index (κ3) is 4.92. The van der Waals surface area contributed by atoms with Crippen LogP contribution >= 0.6 is 0 Å². The van der Waals surface area contributed by atoms with Crippen molar-refractivity contribution in [2.45, 2.75) is 13.5 Å². The largest absolute Gasteiger partial charge is 0.493 e. The van der Waals surface area contributed by atoms with E-state index in [-0.39, 0.29) is 5.75 Å². The fraction of sp³-hybridized carbons (Fsp3) is 0.222. The molecule has 2 aromatic carbocycles. The third-order valence-corrected chi connectivity index (χ3v) is 3.45. The van der Waals surface area contributed by atoms with Gasteiger partial charge in [-0.1, -0.05) is 12.1 Å².